The summed E-state index contributed by atoms with van der Waals surface area (Å²) >= 11 is 0. The van der Waals surface area contributed by atoms with Crippen LogP contribution in [0.2, 0.25) is 0 Å². The van der Waals surface area contributed by atoms with Crippen LogP contribution in [0.25, 0.3) is 17.6 Å². The summed E-state index contributed by atoms with van der Waals surface area (Å²) in [5, 5.41) is 6.24. The molecule has 1 saturated heterocycles. The van der Waals surface area contributed by atoms with Gasteiger partial charge in [-0.1, -0.05) is 0 Å². The number of hydrogen-bond acceptors (Lipinski definition) is 5. The largest absolute Gasteiger partial charge is 0.416 e. The highest BCUT2D eigenvalue weighted by molar-refractivity contribution is 5.93. The van der Waals surface area contributed by atoms with Crippen LogP contribution in [0.5, 0.6) is 0 Å². The first kappa shape index (κ1) is 24.2. The van der Waals surface area contributed by atoms with Crippen LogP contribution in [-0.2, 0) is 26.7 Å². The minimum Gasteiger partial charge on any atom is -0.383 e. The lowest BCUT2D eigenvalue weighted by atomic mass is 10.0. The molecule has 2 amide bonds. The van der Waals surface area contributed by atoms with E-state index in [1.807, 2.05) is 0 Å². The van der Waals surface area contributed by atoms with E-state index < -0.39 is 40.8 Å². The number of benzene rings is 1. The van der Waals surface area contributed by atoms with Crippen molar-refractivity contribution < 1.29 is 40.7 Å². The molecule has 3 rings (SSSR count). The molecule has 1 aromatic heterocycles. The van der Waals surface area contributed by atoms with Gasteiger partial charge in [-0.15, -0.1) is 5.10 Å². The minimum absolute atomic E-state index is 0.00569. The first-order chi connectivity index (χ1) is 15.4. The van der Waals surface area contributed by atoms with Crippen LogP contribution in [0.4, 0.5) is 26.3 Å². The molecule has 0 unspecified atom stereocenters. The predicted molar refractivity (Wildman–Crippen MR) is 101 cm³/mol. The first-order valence-corrected chi connectivity index (χ1v) is 9.40. The maximum absolute atomic E-state index is 13.0. The zero-order chi connectivity index (χ0) is 24.4. The predicted octanol–water partition coefficient (Wildman–Crippen LogP) is 3.08. The van der Waals surface area contributed by atoms with Crippen LogP contribution in [-0.4, -0.2) is 63.4 Å². The summed E-state index contributed by atoms with van der Waals surface area (Å²) in [5.41, 5.74) is -3.49. The highest BCUT2D eigenvalue weighted by Crippen LogP contribution is 2.38. The van der Waals surface area contributed by atoms with Gasteiger partial charge in [0.1, 0.15) is 6.33 Å². The summed E-state index contributed by atoms with van der Waals surface area (Å²) in [5.74, 6) is -1.24. The van der Waals surface area contributed by atoms with Crippen molar-refractivity contribution in [1.82, 2.24) is 24.8 Å². The van der Waals surface area contributed by atoms with E-state index >= 15 is 0 Å². The highest BCUT2D eigenvalue weighted by atomic mass is 19.4. The van der Waals surface area contributed by atoms with Crippen LogP contribution in [0.1, 0.15) is 17.5 Å². The van der Waals surface area contributed by atoms with Crippen molar-refractivity contribution in [2.24, 2.45) is 0 Å². The lowest BCUT2D eigenvalue weighted by Gasteiger charge is -2.26. The second-order valence-electron chi connectivity index (χ2n) is 6.88. The fourth-order valence-corrected chi connectivity index (χ4v) is 3.03. The number of ether oxygens (including phenoxy) is 1. The second-order valence-corrected chi connectivity index (χ2v) is 6.88. The average Bonchev–Trinajstić information content (AvgIpc) is 3.35. The molecule has 0 N–H and O–H groups in total. The van der Waals surface area contributed by atoms with Crippen molar-refractivity contribution in [1.29, 1.82) is 0 Å². The van der Waals surface area contributed by atoms with Gasteiger partial charge in [0.15, 0.2) is 5.82 Å². The molecular weight excluding hydrogens is 460 g/mol. The molecule has 0 aliphatic carbocycles. The van der Waals surface area contributed by atoms with Gasteiger partial charge in [-0.25, -0.2) is 19.7 Å². The average molecular weight is 477 g/mol. The number of carbonyl (C=O) groups excluding carboxylic acids is 2. The maximum Gasteiger partial charge on any atom is 0.416 e. The van der Waals surface area contributed by atoms with Crippen LogP contribution in [0.3, 0.4) is 0 Å². The topological polar surface area (TPSA) is 80.6 Å². The zero-order valence-corrected chi connectivity index (χ0v) is 17.0. The van der Waals surface area contributed by atoms with Gasteiger partial charge < -0.3 is 4.74 Å². The number of hydrazine groups is 1. The summed E-state index contributed by atoms with van der Waals surface area (Å²) in [6, 6.07) is 1.02. The van der Waals surface area contributed by atoms with E-state index in [0.717, 1.165) is 23.3 Å². The molecule has 14 heteroatoms. The third kappa shape index (κ3) is 5.69. The van der Waals surface area contributed by atoms with Gasteiger partial charge in [0.2, 0.25) is 5.91 Å². The van der Waals surface area contributed by atoms with Gasteiger partial charge in [0, 0.05) is 31.4 Å². The number of amides is 2. The molecule has 0 saturated carbocycles. The Kier molecular flexibility index (Phi) is 6.76. The maximum atomic E-state index is 13.0. The molecule has 0 radical (unpaired) electrons. The second kappa shape index (κ2) is 9.21. The summed E-state index contributed by atoms with van der Waals surface area (Å²) in [6.07, 6.45) is -6.70. The van der Waals surface area contributed by atoms with Gasteiger partial charge in [0.05, 0.1) is 30.8 Å². The third-order valence-electron chi connectivity index (χ3n) is 4.60. The van der Waals surface area contributed by atoms with Gasteiger partial charge in [0.25, 0.3) is 5.91 Å². The minimum atomic E-state index is -5.01. The van der Waals surface area contributed by atoms with E-state index in [2.05, 4.69) is 10.1 Å². The molecule has 33 heavy (non-hydrogen) atoms. The van der Waals surface area contributed by atoms with Crippen molar-refractivity contribution in [3.8, 4) is 11.4 Å². The Hall–Kier alpha value is -3.42. The van der Waals surface area contributed by atoms with Gasteiger partial charge >= 0.3 is 12.4 Å². The number of carbonyl (C=O) groups is 2. The van der Waals surface area contributed by atoms with E-state index in [-0.39, 0.29) is 38.1 Å². The normalized spacial score (nSPS) is 15.2. The van der Waals surface area contributed by atoms with E-state index in [1.165, 1.54) is 17.1 Å². The lowest BCUT2D eigenvalue weighted by molar-refractivity contribution is -0.151. The van der Waals surface area contributed by atoms with Crippen molar-refractivity contribution >= 4 is 18.0 Å². The fraction of sp³-hybridized carbons (Fsp3) is 0.368. The zero-order valence-electron chi connectivity index (χ0n) is 17.0. The molecule has 178 valence electrons. The van der Waals surface area contributed by atoms with Crippen LogP contribution in [0.15, 0.2) is 30.6 Å². The molecule has 8 nitrogen and oxygen atoms in total. The molecule has 1 aliphatic rings. The molecule has 0 spiro atoms. The van der Waals surface area contributed by atoms with E-state index in [0.29, 0.717) is 12.1 Å². The summed E-state index contributed by atoms with van der Waals surface area (Å²) < 4.78 is 84.1. The number of alkyl halides is 6. The summed E-state index contributed by atoms with van der Waals surface area (Å²) in [6.45, 7) is 0.529. The standard InChI is InChI=1S/C19H17F6N5O3/c1-33-7-6-30-16(32)3-5-29(30)15(31)2-4-28-11-26-17(27-28)12-8-13(18(20,21)22)10-14(9-12)19(23,24)25/h2,4,8-11H,3,5-7H2,1H3. The summed E-state index contributed by atoms with van der Waals surface area (Å²) in [4.78, 5) is 28.0. The lowest BCUT2D eigenvalue weighted by Crippen LogP contribution is -2.44. The number of halogens is 6. The number of aromatic nitrogens is 3. The van der Waals surface area contributed by atoms with Crippen molar-refractivity contribution in [3.63, 3.8) is 0 Å². The monoisotopic (exact) mass is 477 g/mol. The SMILES string of the molecule is COCCN1C(=O)CCN1C(=O)C=Cn1cnc(-c2cc(C(F)(F)F)cc(C(F)(F)F)c2)n1. The van der Waals surface area contributed by atoms with Gasteiger partial charge in [-0.2, -0.15) is 26.3 Å². The molecule has 0 bridgehead atoms. The van der Waals surface area contributed by atoms with Gasteiger partial charge in [-0.3, -0.25) is 9.59 Å². The Bertz CT molecular complexity index is 1030. The van der Waals surface area contributed by atoms with Crippen LogP contribution >= 0.6 is 0 Å². The van der Waals surface area contributed by atoms with Crippen molar-refractivity contribution in [2.45, 2.75) is 18.8 Å². The molecule has 2 aromatic rings. The molecule has 1 fully saturated rings. The van der Waals surface area contributed by atoms with Crippen molar-refractivity contribution in [3.05, 3.63) is 41.7 Å². The smallest absolute Gasteiger partial charge is 0.383 e. The van der Waals surface area contributed by atoms with Crippen LogP contribution in [0, 0.1) is 0 Å². The number of hydrogen-bond donors (Lipinski definition) is 0. The quantitative estimate of drug-likeness (QED) is 0.472. The van der Waals surface area contributed by atoms with E-state index in [9.17, 15) is 35.9 Å². The molecule has 0 atom stereocenters. The van der Waals surface area contributed by atoms with E-state index in [4.69, 9.17) is 4.74 Å². The molecular formula is C19H17F6N5O3. The molecule has 1 aromatic carbocycles. The fourth-order valence-electron chi connectivity index (χ4n) is 3.03. The highest BCUT2D eigenvalue weighted by Gasteiger charge is 2.37. The Morgan fingerprint density at radius 3 is 2.33 bits per heavy atom. The Labute approximate surface area is 183 Å². The first-order valence-electron chi connectivity index (χ1n) is 9.40. The third-order valence-corrected chi connectivity index (χ3v) is 4.60. The number of nitrogens with zero attached hydrogens (tertiary/aromatic N) is 5. The van der Waals surface area contributed by atoms with E-state index in [1.54, 1.807) is 0 Å². The Morgan fingerprint density at radius 1 is 1.12 bits per heavy atom. The molecule has 2 heterocycles. The Morgan fingerprint density at radius 2 is 1.76 bits per heavy atom. The number of rotatable bonds is 6. The summed E-state index contributed by atoms with van der Waals surface area (Å²) in [7, 11) is 1.44. The van der Waals surface area contributed by atoms with Crippen LogP contribution < -0.4 is 0 Å². The van der Waals surface area contributed by atoms with Gasteiger partial charge in [-0.05, 0) is 18.2 Å². The number of methoxy groups -OCH3 is 1. The van der Waals surface area contributed by atoms with Crippen molar-refractivity contribution in [2.75, 3.05) is 26.8 Å². The molecule has 1 aliphatic heterocycles. The Balaban J connectivity index is 1.82.